The Bertz CT molecular complexity index is 326. The predicted molar refractivity (Wildman–Crippen MR) is 68.0 cm³/mol. The number of thiol groups is 1. The van der Waals surface area contributed by atoms with Crippen LogP contribution in [0.5, 0.6) is 5.75 Å². The Morgan fingerprint density at radius 2 is 2.00 bits per heavy atom. The maximum atomic E-state index is 5.28. The summed E-state index contributed by atoms with van der Waals surface area (Å²) in [4.78, 5) is 0. The van der Waals surface area contributed by atoms with E-state index >= 15 is 0 Å². The van der Waals surface area contributed by atoms with Gasteiger partial charge >= 0.3 is 0 Å². The largest absolute Gasteiger partial charge is 0.496 e. The van der Waals surface area contributed by atoms with E-state index in [1.165, 1.54) is 16.7 Å². The van der Waals surface area contributed by atoms with E-state index in [-0.39, 0.29) is 0 Å². The molecular formula is C12H19NOS. The molecular weight excluding hydrogens is 206 g/mol. The van der Waals surface area contributed by atoms with Crippen LogP contribution in [0.25, 0.3) is 0 Å². The van der Waals surface area contributed by atoms with Gasteiger partial charge in [-0.05, 0) is 49.6 Å². The zero-order chi connectivity index (χ0) is 11.3. The number of methoxy groups -OCH3 is 1. The lowest BCUT2D eigenvalue weighted by Crippen LogP contribution is -2.15. The van der Waals surface area contributed by atoms with Crippen molar-refractivity contribution in [2.45, 2.75) is 20.3 Å². The molecule has 0 unspecified atom stereocenters. The van der Waals surface area contributed by atoms with E-state index < -0.39 is 0 Å². The van der Waals surface area contributed by atoms with E-state index in [2.05, 4.69) is 37.9 Å². The molecule has 0 aromatic heterocycles. The summed E-state index contributed by atoms with van der Waals surface area (Å²) in [7, 11) is 1.71. The van der Waals surface area contributed by atoms with Crippen molar-refractivity contribution in [3.8, 4) is 5.75 Å². The fraction of sp³-hybridized carbons (Fsp3) is 0.500. The molecule has 0 atom stereocenters. The minimum atomic E-state index is 0.730. The van der Waals surface area contributed by atoms with Crippen LogP contribution < -0.4 is 10.1 Å². The van der Waals surface area contributed by atoms with E-state index in [0.29, 0.717) is 0 Å². The zero-order valence-electron chi connectivity index (χ0n) is 9.63. The molecule has 0 amide bonds. The zero-order valence-corrected chi connectivity index (χ0v) is 10.5. The molecule has 0 bridgehead atoms. The van der Waals surface area contributed by atoms with Crippen LogP contribution in [0.2, 0.25) is 0 Å². The molecule has 15 heavy (non-hydrogen) atoms. The molecule has 1 N–H and O–H groups in total. The number of ether oxygens (including phenoxy) is 1. The minimum absolute atomic E-state index is 0.730. The Labute approximate surface area is 97.4 Å². The Hall–Kier alpha value is -0.670. The highest BCUT2D eigenvalue weighted by Crippen LogP contribution is 2.23. The molecule has 1 rings (SSSR count). The van der Waals surface area contributed by atoms with Gasteiger partial charge in [-0.1, -0.05) is 6.07 Å². The highest BCUT2D eigenvalue weighted by Gasteiger charge is 2.05. The average Bonchev–Trinajstić information content (AvgIpc) is 2.25. The topological polar surface area (TPSA) is 21.3 Å². The number of rotatable bonds is 5. The van der Waals surface area contributed by atoms with Crippen molar-refractivity contribution in [2.24, 2.45) is 0 Å². The SMILES string of the molecule is COc1ccc(CCNCS)c(C)c1C. The molecule has 0 aliphatic heterocycles. The molecule has 2 nitrogen and oxygen atoms in total. The van der Waals surface area contributed by atoms with Crippen molar-refractivity contribution in [3.63, 3.8) is 0 Å². The van der Waals surface area contributed by atoms with E-state index in [0.717, 1.165) is 24.6 Å². The van der Waals surface area contributed by atoms with Gasteiger partial charge in [-0.15, -0.1) is 0 Å². The predicted octanol–water partition coefficient (Wildman–Crippen LogP) is 2.33. The number of nitrogens with one attached hydrogen (secondary N) is 1. The molecule has 1 aromatic carbocycles. The standard InChI is InChI=1S/C12H19NOS/c1-9-10(2)12(14-3)5-4-11(9)6-7-13-8-15/h4-5,13,15H,6-8H2,1-3H3. The summed E-state index contributed by atoms with van der Waals surface area (Å²) in [6.45, 7) is 5.22. The third-order valence-electron chi connectivity index (χ3n) is 2.75. The second kappa shape index (κ2) is 6.03. The lowest BCUT2D eigenvalue weighted by Gasteiger charge is -2.12. The normalized spacial score (nSPS) is 10.4. The maximum Gasteiger partial charge on any atom is 0.122 e. The Kier molecular flexibility index (Phi) is 4.99. The lowest BCUT2D eigenvalue weighted by atomic mass is 10.00. The fourth-order valence-corrected chi connectivity index (χ4v) is 1.80. The Balaban J connectivity index is 2.77. The minimum Gasteiger partial charge on any atom is -0.496 e. The fourth-order valence-electron chi connectivity index (χ4n) is 1.65. The Morgan fingerprint density at radius 1 is 1.27 bits per heavy atom. The molecule has 0 radical (unpaired) electrons. The molecule has 0 aliphatic carbocycles. The number of hydrogen-bond acceptors (Lipinski definition) is 3. The van der Waals surface area contributed by atoms with Crippen molar-refractivity contribution in [1.82, 2.24) is 5.32 Å². The summed E-state index contributed by atoms with van der Waals surface area (Å²) in [5, 5.41) is 3.20. The molecule has 0 saturated carbocycles. The summed E-state index contributed by atoms with van der Waals surface area (Å²) in [6, 6.07) is 4.18. The van der Waals surface area contributed by atoms with Gasteiger partial charge in [0.2, 0.25) is 0 Å². The number of hydrogen-bond donors (Lipinski definition) is 2. The molecule has 84 valence electrons. The quantitative estimate of drug-likeness (QED) is 0.456. The molecule has 0 spiro atoms. The first-order valence-corrected chi connectivity index (χ1v) is 5.78. The van der Waals surface area contributed by atoms with Crippen molar-refractivity contribution < 1.29 is 4.74 Å². The summed E-state index contributed by atoms with van der Waals surface area (Å²) in [5.41, 5.74) is 3.94. The average molecular weight is 225 g/mol. The van der Waals surface area contributed by atoms with Crippen molar-refractivity contribution in [2.75, 3.05) is 19.5 Å². The van der Waals surface area contributed by atoms with Crippen LogP contribution in [0.3, 0.4) is 0 Å². The molecule has 0 saturated heterocycles. The molecule has 0 fully saturated rings. The lowest BCUT2D eigenvalue weighted by molar-refractivity contribution is 0.411. The van der Waals surface area contributed by atoms with Crippen LogP contribution in [-0.4, -0.2) is 19.5 Å². The van der Waals surface area contributed by atoms with E-state index in [9.17, 15) is 0 Å². The van der Waals surface area contributed by atoms with Crippen LogP contribution >= 0.6 is 12.6 Å². The first-order valence-electron chi connectivity index (χ1n) is 5.15. The number of benzene rings is 1. The van der Waals surface area contributed by atoms with E-state index in [1.807, 2.05) is 6.07 Å². The van der Waals surface area contributed by atoms with Crippen LogP contribution in [0.4, 0.5) is 0 Å². The van der Waals surface area contributed by atoms with Gasteiger partial charge in [-0.25, -0.2) is 0 Å². The van der Waals surface area contributed by atoms with Gasteiger partial charge in [0.05, 0.1) is 7.11 Å². The van der Waals surface area contributed by atoms with Gasteiger partial charge in [0.1, 0.15) is 5.75 Å². The van der Waals surface area contributed by atoms with Gasteiger partial charge in [0.15, 0.2) is 0 Å². The Morgan fingerprint density at radius 3 is 2.60 bits per heavy atom. The van der Waals surface area contributed by atoms with Gasteiger partial charge < -0.3 is 10.1 Å². The van der Waals surface area contributed by atoms with Gasteiger partial charge in [-0.2, -0.15) is 12.6 Å². The molecule has 0 aliphatic rings. The first-order chi connectivity index (χ1) is 7.20. The highest BCUT2D eigenvalue weighted by atomic mass is 32.1. The summed E-state index contributed by atoms with van der Waals surface area (Å²) >= 11 is 4.11. The van der Waals surface area contributed by atoms with Crippen LogP contribution in [-0.2, 0) is 6.42 Å². The highest BCUT2D eigenvalue weighted by molar-refractivity contribution is 7.80. The summed E-state index contributed by atoms with van der Waals surface area (Å²) < 4.78 is 5.28. The van der Waals surface area contributed by atoms with Crippen molar-refractivity contribution >= 4 is 12.6 Å². The van der Waals surface area contributed by atoms with Crippen molar-refractivity contribution in [1.29, 1.82) is 0 Å². The van der Waals surface area contributed by atoms with E-state index in [4.69, 9.17) is 4.74 Å². The van der Waals surface area contributed by atoms with E-state index in [1.54, 1.807) is 7.11 Å². The van der Waals surface area contributed by atoms with Crippen LogP contribution in [0.1, 0.15) is 16.7 Å². The van der Waals surface area contributed by atoms with Crippen LogP contribution in [0, 0.1) is 13.8 Å². The second-order valence-corrected chi connectivity index (χ2v) is 3.90. The van der Waals surface area contributed by atoms with Crippen molar-refractivity contribution in [3.05, 3.63) is 28.8 Å². The van der Waals surface area contributed by atoms with Gasteiger partial charge in [0.25, 0.3) is 0 Å². The van der Waals surface area contributed by atoms with Gasteiger partial charge in [-0.3, -0.25) is 0 Å². The smallest absolute Gasteiger partial charge is 0.122 e. The summed E-state index contributed by atoms with van der Waals surface area (Å²) in [5.74, 6) is 1.70. The first kappa shape index (κ1) is 12.4. The second-order valence-electron chi connectivity index (χ2n) is 3.59. The van der Waals surface area contributed by atoms with Gasteiger partial charge in [0, 0.05) is 5.88 Å². The third-order valence-corrected chi connectivity index (χ3v) is 2.98. The van der Waals surface area contributed by atoms with Crippen LogP contribution in [0.15, 0.2) is 12.1 Å². The molecule has 1 aromatic rings. The maximum absolute atomic E-state index is 5.28. The summed E-state index contributed by atoms with van der Waals surface area (Å²) in [6.07, 6.45) is 1.04. The monoisotopic (exact) mass is 225 g/mol. The molecule has 0 heterocycles. The molecule has 3 heteroatoms. The third kappa shape index (κ3) is 3.14.